The van der Waals surface area contributed by atoms with Crippen LogP contribution in [0, 0.1) is 5.41 Å². The largest absolute Gasteiger partial charge is 0.437 e. The Morgan fingerprint density at radius 1 is 1.33 bits per heavy atom. The molecule has 0 saturated heterocycles. The first-order chi connectivity index (χ1) is 8.50. The summed E-state index contributed by atoms with van der Waals surface area (Å²) in [7, 11) is 1.54. The van der Waals surface area contributed by atoms with Gasteiger partial charge in [-0.1, -0.05) is 39.5 Å². The van der Waals surface area contributed by atoms with Crippen LogP contribution in [-0.2, 0) is 19.1 Å². The maximum Gasteiger partial charge on any atom is 0.314 e. The minimum absolute atomic E-state index is 0.282. The van der Waals surface area contributed by atoms with Crippen LogP contribution in [0.4, 0.5) is 0 Å². The number of unbranched alkanes of at least 4 members (excludes halogenated alkanes) is 3. The minimum atomic E-state index is -0.809. The van der Waals surface area contributed by atoms with Gasteiger partial charge in [0.25, 0.3) is 6.47 Å². The first-order valence-corrected chi connectivity index (χ1v) is 6.80. The van der Waals surface area contributed by atoms with Crippen LogP contribution in [-0.4, -0.2) is 26.5 Å². The summed E-state index contributed by atoms with van der Waals surface area (Å²) in [6.07, 6.45) is 5.27. The van der Waals surface area contributed by atoms with Crippen LogP contribution in [0.2, 0.25) is 0 Å². The molecule has 0 N–H and O–H groups in total. The lowest BCUT2D eigenvalue weighted by atomic mass is 9.82. The van der Waals surface area contributed by atoms with E-state index in [2.05, 4.69) is 11.7 Å². The van der Waals surface area contributed by atoms with Gasteiger partial charge in [0.15, 0.2) is 0 Å². The topological polar surface area (TPSA) is 52.6 Å². The Morgan fingerprint density at radius 2 is 2.00 bits per heavy atom. The molecule has 0 heterocycles. The molecule has 0 rings (SSSR count). The molecule has 0 amide bonds. The number of carbonyl (C=O) groups is 2. The first kappa shape index (κ1) is 17.0. The molecule has 4 nitrogen and oxygen atoms in total. The lowest BCUT2D eigenvalue weighted by molar-refractivity contribution is -0.176. The average molecular weight is 256 g/mol. The van der Waals surface area contributed by atoms with Gasteiger partial charge in [-0.25, -0.2) is 0 Å². The number of esters is 1. The average Bonchev–Trinajstić information content (AvgIpc) is 2.34. The molecule has 0 radical (unpaired) electrons. The molecule has 0 bridgehead atoms. The van der Waals surface area contributed by atoms with E-state index in [4.69, 9.17) is 4.74 Å². The summed E-state index contributed by atoms with van der Waals surface area (Å²) in [5.41, 5.74) is -0.478. The van der Waals surface area contributed by atoms with Crippen molar-refractivity contribution in [3.63, 3.8) is 0 Å². The molecule has 0 aromatic rings. The van der Waals surface area contributed by atoms with Crippen LogP contribution >= 0.6 is 0 Å². The second-order valence-electron chi connectivity index (χ2n) is 4.93. The summed E-state index contributed by atoms with van der Waals surface area (Å²) >= 11 is 0. The third kappa shape index (κ3) is 6.08. The molecule has 0 aliphatic heterocycles. The zero-order valence-electron chi connectivity index (χ0n) is 12.0. The molecule has 5 heteroatoms. The Morgan fingerprint density at radius 3 is 2.50 bits per heavy atom. The molecule has 18 heavy (non-hydrogen) atoms. The van der Waals surface area contributed by atoms with E-state index in [0.29, 0.717) is 6.47 Å². The third-order valence-electron chi connectivity index (χ3n) is 3.38. The van der Waals surface area contributed by atoms with Crippen molar-refractivity contribution in [1.29, 1.82) is 0 Å². The molecule has 0 aromatic heterocycles. The van der Waals surface area contributed by atoms with Crippen LogP contribution in [0.1, 0.15) is 59.3 Å². The van der Waals surface area contributed by atoms with Gasteiger partial charge < -0.3 is 9.47 Å². The smallest absolute Gasteiger partial charge is 0.314 e. The van der Waals surface area contributed by atoms with Crippen molar-refractivity contribution in [2.75, 3.05) is 0 Å². The highest BCUT2D eigenvalue weighted by molar-refractivity contribution is 6.11. The Hall–Kier alpha value is -0.995. The van der Waals surface area contributed by atoms with Crippen LogP contribution in [0.3, 0.4) is 0 Å². The molecule has 104 valence electrons. The van der Waals surface area contributed by atoms with E-state index in [1.807, 2.05) is 13.8 Å². The lowest BCUT2D eigenvalue weighted by Gasteiger charge is -2.27. The fourth-order valence-electron chi connectivity index (χ4n) is 1.76. The standard InChI is InChI=1S/C13H25BO4/c1-4-6-7-8-9-13(3,5-2)11(16)18-12(14)17-10-15/h10,12H,4-9,14H2,1-3H3. The Balaban J connectivity index is 4.24. The van der Waals surface area contributed by atoms with E-state index < -0.39 is 11.6 Å². The third-order valence-corrected chi connectivity index (χ3v) is 3.38. The predicted molar refractivity (Wildman–Crippen MR) is 72.7 cm³/mol. The second kappa shape index (κ2) is 9.00. The molecule has 0 aliphatic carbocycles. The Bertz CT molecular complexity index is 257. The van der Waals surface area contributed by atoms with Crippen LogP contribution in [0.25, 0.3) is 0 Å². The van der Waals surface area contributed by atoms with E-state index in [-0.39, 0.29) is 5.97 Å². The van der Waals surface area contributed by atoms with Crippen molar-refractivity contribution in [1.82, 2.24) is 0 Å². The van der Waals surface area contributed by atoms with Gasteiger partial charge in [0.1, 0.15) is 0 Å². The number of hydrogen-bond donors (Lipinski definition) is 0. The van der Waals surface area contributed by atoms with E-state index >= 15 is 0 Å². The summed E-state index contributed by atoms with van der Waals surface area (Å²) in [6, 6.07) is 0. The SMILES string of the molecule is BC(OC=O)OC(=O)C(C)(CC)CCCCCC. The molecule has 2 atom stereocenters. The quantitative estimate of drug-likeness (QED) is 0.197. The van der Waals surface area contributed by atoms with Gasteiger partial charge in [-0.15, -0.1) is 0 Å². The van der Waals surface area contributed by atoms with Gasteiger partial charge in [0.2, 0.25) is 14.0 Å². The maximum absolute atomic E-state index is 12.0. The summed E-state index contributed by atoms with van der Waals surface area (Å²) in [6.45, 7) is 6.34. The molecule has 0 aliphatic rings. The van der Waals surface area contributed by atoms with Crippen LogP contribution in [0.5, 0.6) is 0 Å². The van der Waals surface area contributed by atoms with Gasteiger partial charge in [0, 0.05) is 0 Å². The normalized spacial score (nSPS) is 15.5. The molecule has 0 aromatic carbocycles. The molecule has 0 saturated carbocycles. The maximum atomic E-state index is 12.0. The van der Waals surface area contributed by atoms with Gasteiger partial charge in [-0.3, -0.25) is 9.59 Å². The van der Waals surface area contributed by atoms with E-state index in [9.17, 15) is 9.59 Å². The zero-order chi connectivity index (χ0) is 14.0. The van der Waals surface area contributed by atoms with Gasteiger partial charge in [0.05, 0.1) is 5.41 Å². The van der Waals surface area contributed by atoms with Crippen molar-refractivity contribution >= 4 is 20.3 Å². The second-order valence-corrected chi connectivity index (χ2v) is 4.93. The summed E-state index contributed by atoms with van der Waals surface area (Å²) in [4.78, 5) is 22.2. The highest BCUT2D eigenvalue weighted by Crippen LogP contribution is 2.30. The molecular formula is C13H25BO4. The highest BCUT2D eigenvalue weighted by atomic mass is 16.7. The van der Waals surface area contributed by atoms with E-state index in [1.165, 1.54) is 12.8 Å². The fourth-order valence-corrected chi connectivity index (χ4v) is 1.76. The highest BCUT2D eigenvalue weighted by Gasteiger charge is 2.33. The molecule has 0 fully saturated rings. The summed E-state index contributed by atoms with van der Waals surface area (Å²) in [5, 5.41) is 0. The number of ether oxygens (including phenoxy) is 2. The fraction of sp³-hybridized carbons (Fsp3) is 0.846. The van der Waals surface area contributed by atoms with Gasteiger partial charge in [-0.2, -0.15) is 0 Å². The van der Waals surface area contributed by atoms with Crippen molar-refractivity contribution in [2.24, 2.45) is 5.41 Å². The number of rotatable bonds is 10. The summed E-state index contributed by atoms with van der Waals surface area (Å²) in [5.74, 6) is -0.282. The minimum Gasteiger partial charge on any atom is -0.437 e. The van der Waals surface area contributed by atoms with Crippen LogP contribution in [0.15, 0.2) is 0 Å². The van der Waals surface area contributed by atoms with Crippen LogP contribution < -0.4 is 0 Å². The summed E-state index contributed by atoms with van der Waals surface area (Å²) < 4.78 is 9.68. The predicted octanol–water partition coefficient (Wildman–Crippen LogP) is 2.01. The number of carbonyl (C=O) groups excluding carboxylic acids is 2. The molecule has 2 unspecified atom stereocenters. The van der Waals surface area contributed by atoms with Crippen molar-refractivity contribution in [3.8, 4) is 0 Å². The van der Waals surface area contributed by atoms with Gasteiger partial charge >= 0.3 is 5.97 Å². The Labute approximate surface area is 111 Å². The van der Waals surface area contributed by atoms with E-state index in [0.717, 1.165) is 25.7 Å². The van der Waals surface area contributed by atoms with E-state index in [1.54, 1.807) is 7.85 Å². The van der Waals surface area contributed by atoms with Crippen molar-refractivity contribution < 1.29 is 19.1 Å². The zero-order valence-corrected chi connectivity index (χ0v) is 12.0. The monoisotopic (exact) mass is 256 g/mol. The molecular weight excluding hydrogens is 231 g/mol. The lowest BCUT2D eigenvalue weighted by Crippen LogP contribution is -2.33. The Kier molecular flexibility index (Phi) is 8.51. The molecule has 0 spiro atoms. The number of hydrogen-bond acceptors (Lipinski definition) is 4. The van der Waals surface area contributed by atoms with Crippen molar-refractivity contribution in [3.05, 3.63) is 0 Å². The van der Waals surface area contributed by atoms with Gasteiger partial charge in [-0.05, 0) is 19.8 Å². The first-order valence-electron chi connectivity index (χ1n) is 6.80. The van der Waals surface area contributed by atoms with Crippen molar-refractivity contribution in [2.45, 2.75) is 65.5 Å².